The van der Waals surface area contributed by atoms with Gasteiger partial charge < -0.3 is 10.3 Å². The molecule has 2 heterocycles. The van der Waals surface area contributed by atoms with E-state index in [1.54, 1.807) is 0 Å². The Balaban J connectivity index is 1.88. The summed E-state index contributed by atoms with van der Waals surface area (Å²) in [4.78, 5) is 5.50. The molecule has 1 aromatic carbocycles. The Labute approximate surface area is 125 Å². The average Bonchev–Trinajstić information content (AvgIpc) is 2.99. The van der Waals surface area contributed by atoms with E-state index in [2.05, 4.69) is 10.1 Å². The van der Waals surface area contributed by atoms with Crippen molar-refractivity contribution in [3.05, 3.63) is 51.6 Å². The van der Waals surface area contributed by atoms with Gasteiger partial charge in [-0.25, -0.2) is 0 Å². The van der Waals surface area contributed by atoms with E-state index in [1.807, 2.05) is 37.3 Å². The lowest BCUT2D eigenvalue weighted by molar-refractivity contribution is 0.424. The Morgan fingerprint density at radius 1 is 1.35 bits per heavy atom. The third-order valence-corrected chi connectivity index (χ3v) is 4.14. The Kier molecular flexibility index (Phi) is 3.46. The third-order valence-electron chi connectivity index (χ3n) is 2.89. The molecule has 0 unspecified atom stereocenters. The van der Waals surface area contributed by atoms with E-state index in [0.29, 0.717) is 28.2 Å². The van der Waals surface area contributed by atoms with Crippen LogP contribution < -0.4 is 5.73 Å². The molecule has 0 spiro atoms. The molecule has 0 saturated carbocycles. The Morgan fingerprint density at radius 2 is 2.15 bits per heavy atom. The fourth-order valence-corrected chi connectivity index (χ4v) is 2.93. The van der Waals surface area contributed by atoms with E-state index in [4.69, 9.17) is 21.9 Å². The van der Waals surface area contributed by atoms with Gasteiger partial charge in [-0.05, 0) is 24.6 Å². The van der Waals surface area contributed by atoms with Crippen molar-refractivity contribution in [2.45, 2.75) is 13.3 Å². The Morgan fingerprint density at radius 3 is 2.85 bits per heavy atom. The van der Waals surface area contributed by atoms with Crippen LogP contribution >= 0.6 is 22.9 Å². The molecule has 0 aliphatic carbocycles. The highest BCUT2D eigenvalue weighted by Crippen LogP contribution is 2.32. The van der Waals surface area contributed by atoms with E-state index < -0.39 is 0 Å². The van der Waals surface area contributed by atoms with Crippen LogP contribution in [0.15, 0.2) is 34.9 Å². The van der Waals surface area contributed by atoms with Crippen molar-refractivity contribution in [2.75, 3.05) is 5.73 Å². The fraction of sp³-hybridized carbons (Fsp3) is 0.143. The van der Waals surface area contributed by atoms with Gasteiger partial charge in [-0.3, -0.25) is 0 Å². The van der Waals surface area contributed by atoms with Crippen LogP contribution in [0.5, 0.6) is 0 Å². The fourth-order valence-electron chi connectivity index (χ4n) is 1.95. The number of anilines is 1. The first kappa shape index (κ1) is 13.1. The molecular weight excluding hydrogens is 294 g/mol. The first-order chi connectivity index (χ1) is 9.63. The van der Waals surface area contributed by atoms with Crippen LogP contribution in [0.2, 0.25) is 5.02 Å². The zero-order valence-corrected chi connectivity index (χ0v) is 12.3. The molecule has 3 rings (SSSR count). The number of hydrogen-bond donors (Lipinski definition) is 1. The molecule has 0 bridgehead atoms. The summed E-state index contributed by atoms with van der Waals surface area (Å²) in [6.07, 6.45) is 0.534. The first-order valence-electron chi connectivity index (χ1n) is 6.06. The van der Waals surface area contributed by atoms with Crippen LogP contribution in [-0.2, 0) is 6.42 Å². The van der Waals surface area contributed by atoms with Gasteiger partial charge in [0.25, 0.3) is 5.89 Å². The van der Waals surface area contributed by atoms with Crippen LogP contribution in [0, 0.1) is 6.92 Å². The second-order valence-corrected chi connectivity index (χ2v) is 6.11. The lowest BCUT2D eigenvalue weighted by Gasteiger charge is -1.98. The summed E-state index contributed by atoms with van der Waals surface area (Å²) in [5, 5.41) is 5.37. The predicted molar refractivity (Wildman–Crippen MR) is 81.0 cm³/mol. The minimum atomic E-state index is 0.453. The van der Waals surface area contributed by atoms with Crippen molar-refractivity contribution in [1.82, 2.24) is 10.1 Å². The molecule has 2 N–H and O–H groups in total. The van der Waals surface area contributed by atoms with E-state index >= 15 is 0 Å². The van der Waals surface area contributed by atoms with Crippen LogP contribution in [0.1, 0.15) is 16.3 Å². The molecule has 0 aliphatic heterocycles. The predicted octanol–water partition coefficient (Wildman–Crippen LogP) is 3.93. The van der Waals surface area contributed by atoms with Crippen LogP contribution in [0.4, 0.5) is 5.00 Å². The quantitative estimate of drug-likeness (QED) is 0.796. The van der Waals surface area contributed by atoms with E-state index in [9.17, 15) is 0 Å². The molecule has 3 aromatic rings. The number of rotatable bonds is 3. The third kappa shape index (κ3) is 2.55. The number of nitrogen functional groups attached to an aromatic ring is 1. The monoisotopic (exact) mass is 305 g/mol. The SMILES string of the molecule is Cc1cc(-c2nc(Cc3ccccc3Cl)no2)c(N)s1. The van der Waals surface area contributed by atoms with Gasteiger partial charge in [-0.15, -0.1) is 11.3 Å². The molecule has 6 heteroatoms. The molecule has 0 fully saturated rings. The number of nitrogens with two attached hydrogens (primary N) is 1. The van der Waals surface area contributed by atoms with E-state index in [1.165, 1.54) is 11.3 Å². The molecule has 2 aromatic heterocycles. The second kappa shape index (κ2) is 5.26. The summed E-state index contributed by atoms with van der Waals surface area (Å²) < 4.78 is 5.28. The Hall–Kier alpha value is -1.85. The van der Waals surface area contributed by atoms with Gasteiger partial charge in [-0.2, -0.15) is 4.98 Å². The summed E-state index contributed by atoms with van der Waals surface area (Å²) in [6, 6.07) is 9.57. The summed E-state index contributed by atoms with van der Waals surface area (Å²) in [6.45, 7) is 1.99. The maximum absolute atomic E-state index is 6.12. The number of nitrogens with zero attached hydrogens (tertiary/aromatic N) is 2. The largest absolute Gasteiger partial charge is 0.390 e. The molecule has 0 aliphatic rings. The summed E-state index contributed by atoms with van der Waals surface area (Å²) in [7, 11) is 0. The van der Waals surface area contributed by atoms with Crippen molar-refractivity contribution >= 4 is 27.9 Å². The van der Waals surface area contributed by atoms with Gasteiger partial charge in [0.05, 0.1) is 10.6 Å². The normalized spacial score (nSPS) is 10.9. The minimum Gasteiger partial charge on any atom is -0.390 e. The minimum absolute atomic E-state index is 0.453. The molecular formula is C14H12ClN3OS. The van der Waals surface area contributed by atoms with Gasteiger partial charge in [0.2, 0.25) is 0 Å². The highest BCUT2D eigenvalue weighted by Gasteiger charge is 2.15. The van der Waals surface area contributed by atoms with E-state index in [-0.39, 0.29) is 0 Å². The number of halogens is 1. The molecule has 0 amide bonds. The standard InChI is InChI=1S/C14H12ClN3OS/c1-8-6-10(13(16)20-8)14-17-12(18-19-14)7-9-4-2-3-5-11(9)15/h2-6H,7,16H2,1H3. The highest BCUT2D eigenvalue weighted by molar-refractivity contribution is 7.16. The van der Waals surface area contributed by atoms with Gasteiger partial charge in [0, 0.05) is 16.3 Å². The maximum atomic E-state index is 6.12. The summed E-state index contributed by atoms with van der Waals surface area (Å²) >= 11 is 7.63. The van der Waals surface area contributed by atoms with Gasteiger partial charge in [0.1, 0.15) is 0 Å². The van der Waals surface area contributed by atoms with Crippen molar-refractivity contribution in [3.8, 4) is 11.5 Å². The van der Waals surface area contributed by atoms with Crippen molar-refractivity contribution in [1.29, 1.82) is 0 Å². The molecule has 4 nitrogen and oxygen atoms in total. The molecule has 0 atom stereocenters. The van der Waals surface area contributed by atoms with E-state index in [0.717, 1.165) is 16.0 Å². The number of benzene rings is 1. The average molecular weight is 306 g/mol. The first-order valence-corrected chi connectivity index (χ1v) is 7.25. The lowest BCUT2D eigenvalue weighted by atomic mass is 10.1. The maximum Gasteiger partial charge on any atom is 0.260 e. The topological polar surface area (TPSA) is 64.9 Å². The lowest BCUT2D eigenvalue weighted by Crippen LogP contribution is -1.91. The number of hydrogen-bond acceptors (Lipinski definition) is 5. The van der Waals surface area contributed by atoms with Crippen molar-refractivity contribution < 1.29 is 4.52 Å². The zero-order chi connectivity index (χ0) is 14.1. The second-order valence-electron chi connectivity index (χ2n) is 4.42. The molecule has 20 heavy (non-hydrogen) atoms. The van der Waals surface area contributed by atoms with Gasteiger partial charge in [-0.1, -0.05) is 35.0 Å². The molecule has 102 valence electrons. The van der Waals surface area contributed by atoms with Gasteiger partial charge >= 0.3 is 0 Å². The number of aryl methyl sites for hydroxylation is 1. The number of aromatic nitrogens is 2. The smallest absolute Gasteiger partial charge is 0.260 e. The molecule has 0 saturated heterocycles. The zero-order valence-electron chi connectivity index (χ0n) is 10.8. The Bertz CT molecular complexity index is 750. The van der Waals surface area contributed by atoms with Crippen LogP contribution in [0.3, 0.4) is 0 Å². The molecule has 0 radical (unpaired) electrons. The van der Waals surface area contributed by atoms with Crippen molar-refractivity contribution in [2.24, 2.45) is 0 Å². The van der Waals surface area contributed by atoms with Crippen molar-refractivity contribution in [3.63, 3.8) is 0 Å². The van der Waals surface area contributed by atoms with Crippen LogP contribution in [0.25, 0.3) is 11.5 Å². The summed E-state index contributed by atoms with van der Waals surface area (Å²) in [5.41, 5.74) is 7.69. The summed E-state index contributed by atoms with van der Waals surface area (Å²) in [5.74, 6) is 1.05. The number of thiophene rings is 1. The highest BCUT2D eigenvalue weighted by atomic mass is 35.5. The van der Waals surface area contributed by atoms with Crippen LogP contribution in [-0.4, -0.2) is 10.1 Å². The van der Waals surface area contributed by atoms with Gasteiger partial charge in [0.15, 0.2) is 5.82 Å².